The highest BCUT2D eigenvalue weighted by atomic mass is 35.5. The number of pyridine rings is 1. The number of fused-ring (bicyclic) bond motifs is 3. The van der Waals surface area contributed by atoms with E-state index in [1.165, 1.54) is 11.4 Å². The van der Waals surface area contributed by atoms with Gasteiger partial charge in [0, 0.05) is 16.1 Å². The number of esters is 1. The fourth-order valence-corrected chi connectivity index (χ4v) is 3.90. The molecule has 0 atom stereocenters. The zero-order valence-electron chi connectivity index (χ0n) is 18.2. The number of nitrogens with zero attached hydrogens (tertiary/aromatic N) is 4. The first kappa shape index (κ1) is 22.8. The Morgan fingerprint density at radius 3 is 2.37 bits per heavy atom. The summed E-state index contributed by atoms with van der Waals surface area (Å²) in [7, 11) is 0. The van der Waals surface area contributed by atoms with Gasteiger partial charge in [-0.3, -0.25) is 0 Å². The zero-order chi connectivity index (χ0) is 24.7. The molecule has 3 aromatic heterocycles. The maximum atomic E-state index is 13.8. The Bertz CT molecular complexity index is 1570. The SMILES string of the molecule is CCOC(=O)c1cc2c(nc1C(F)(F)F)nn1c(-c3ccc(Cl)cc3)cc(-c3ccccc3)nc21. The second kappa shape index (κ2) is 8.66. The van der Waals surface area contributed by atoms with E-state index in [1.54, 1.807) is 30.3 Å². The number of hydrogen-bond acceptors (Lipinski definition) is 5. The molecular weight excluding hydrogens is 481 g/mol. The second-order valence-corrected chi connectivity index (χ2v) is 8.05. The Labute approximate surface area is 202 Å². The van der Waals surface area contributed by atoms with E-state index >= 15 is 0 Å². The highest BCUT2D eigenvalue weighted by Gasteiger charge is 2.39. The van der Waals surface area contributed by atoms with Crippen LogP contribution in [-0.2, 0) is 10.9 Å². The summed E-state index contributed by atoms with van der Waals surface area (Å²) in [6.45, 7) is 1.43. The lowest BCUT2D eigenvalue weighted by Crippen LogP contribution is -2.17. The van der Waals surface area contributed by atoms with Gasteiger partial charge in [0.25, 0.3) is 0 Å². The zero-order valence-corrected chi connectivity index (χ0v) is 18.9. The molecular formula is C25H16ClF3N4O2. The van der Waals surface area contributed by atoms with Crippen LogP contribution in [0.2, 0.25) is 5.02 Å². The molecule has 0 N–H and O–H groups in total. The van der Waals surface area contributed by atoms with E-state index in [0.717, 1.165) is 11.6 Å². The summed E-state index contributed by atoms with van der Waals surface area (Å²) < 4.78 is 47.6. The normalized spacial score (nSPS) is 11.8. The molecule has 176 valence electrons. The van der Waals surface area contributed by atoms with Crippen molar-refractivity contribution in [3.05, 3.63) is 83.0 Å². The van der Waals surface area contributed by atoms with Crippen LogP contribution in [0.1, 0.15) is 23.0 Å². The highest BCUT2D eigenvalue weighted by Crippen LogP contribution is 2.35. The summed E-state index contributed by atoms with van der Waals surface area (Å²) in [5.74, 6) is -1.12. The average molecular weight is 497 g/mol. The van der Waals surface area contributed by atoms with Crippen LogP contribution in [-0.4, -0.2) is 32.2 Å². The van der Waals surface area contributed by atoms with Crippen molar-refractivity contribution < 1.29 is 22.7 Å². The number of halogens is 4. The molecule has 0 radical (unpaired) electrons. The summed E-state index contributed by atoms with van der Waals surface area (Å²) in [6, 6.07) is 19.1. The third-order valence-corrected chi connectivity index (χ3v) is 5.59. The van der Waals surface area contributed by atoms with Crippen molar-refractivity contribution in [3.8, 4) is 22.5 Å². The summed E-state index contributed by atoms with van der Waals surface area (Å²) in [5.41, 5.74) is 0.650. The number of hydrogen-bond donors (Lipinski definition) is 0. The number of alkyl halides is 3. The molecule has 0 saturated carbocycles. The second-order valence-electron chi connectivity index (χ2n) is 7.61. The molecule has 0 unspecified atom stereocenters. The van der Waals surface area contributed by atoms with Gasteiger partial charge in [0.2, 0.25) is 0 Å². The van der Waals surface area contributed by atoms with Gasteiger partial charge in [0.15, 0.2) is 17.0 Å². The number of aromatic nitrogens is 4. The van der Waals surface area contributed by atoms with Crippen molar-refractivity contribution in [2.75, 3.05) is 6.61 Å². The van der Waals surface area contributed by atoms with E-state index in [1.807, 2.05) is 30.3 Å². The Balaban J connectivity index is 1.86. The van der Waals surface area contributed by atoms with Crippen LogP contribution >= 0.6 is 11.6 Å². The van der Waals surface area contributed by atoms with E-state index < -0.39 is 23.4 Å². The molecule has 0 amide bonds. The Morgan fingerprint density at radius 2 is 1.71 bits per heavy atom. The van der Waals surface area contributed by atoms with E-state index in [2.05, 4.69) is 15.1 Å². The first-order valence-electron chi connectivity index (χ1n) is 10.6. The fourth-order valence-electron chi connectivity index (χ4n) is 3.78. The summed E-state index contributed by atoms with van der Waals surface area (Å²) >= 11 is 6.05. The Morgan fingerprint density at radius 1 is 1.00 bits per heavy atom. The average Bonchev–Trinajstić information content (AvgIpc) is 3.21. The largest absolute Gasteiger partial charge is 0.462 e. The molecule has 0 aliphatic carbocycles. The fraction of sp³-hybridized carbons (Fsp3) is 0.120. The molecule has 5 rings (SSSR count). The van der Waals surface area contributed by atoms with Gasteiger partial charge in [-0.15, -0.1) is 5.10 Å². The van der Waals surface area contributed by atoms with Crippen LogP contribution in [0.25, 0.3) is 39.2 Å². The molecule has 0 aliphatic heterocycles. The lowest BCUT2D eigenvalue weighted by Gasteiger charge is -2.11. The summed E-state index contributed by atoms with van der Waals surface area (Å²) in [6.07, 6.45) is -4.88. The van der Waals surface area contributed by atoms with Gasteiger partial charge in [0.05, 0.1) is 28.9 Å². The van der Waals surface area contributed by atoms with Crippen molar-refractivity contribution in [2.24, 2.45) is 0 Å². The maximum Gasteiger partial charge on any atom is 0.434 e. The van der Waals surface area contributed by atoms with Crippen molar-refractivity contribution in [3.63, 3.8) is 0 Å². The maximum absolute atomic E-state index is 13.8. The first-order valence-corrected chi connectivity index (χ1v) is 10.9. The minimum Gasteiger partial charge on any atom is -0.462 e. The molecule has 5 aromatic rings. The molecule has 0 saturated heterocycles. The number of carbonyl (C=O) groups excluding carboxylic acids is 1. The van der Waals surface area contributed by atoms with Gasteiger partial charge in [-0.2, -0.15) is 13.2 Å². The predicted octanol–water partition coefficient (Wildman–Crippen LogP) is 6.46. The number of ether oxygens (including phenoxy) is 1. The molecule has 0 fully saturated rings. The van der Waals surface area contributed by atoms with Crippen LogP contribution in [0.15, 0.2) is 66.7 Å². The van der Waals surface area contributed by atoms with E-state index in [4.69, 9.17) is 16.3 Å². The Hall–Kier alpha value is -3.98. The number of benzene rings is 2. The molecule has 0 spiro atoms. The molecule has 3 heterocycles. The van der Waals surface area contributed by atoms with E-state index in [0.29, 0.717) is 22.0 Å². The lowest BCUT2D eigenvalue weighted by atomic mass is 10.1. The van der Waals surface area contributed by atoms with Gasteiger partial charge >= 0.3 is 12.1 Å². The quantitative estimate of drug-likeness (QED) is 0.267. The van der Waals surface area contributed by atoms with Crippen molar-refractivity contribution >= 4 is 34.3 Å². The van der Waals surface area contributed by atoms with Crippen molar-refractivity contribution in [2.45, 2.75) is 13.1 Å². The van der Waals surface area contributed by atoms with Crippen LogP contribution in [0.3, 0.4) is 0 Å². The highest BCUT2D eigenvalue weighted by molar-refractivity contribution is 6.30. The number of carbonyl (C=O) groups is 1. The van der Waals surface area contributed by atoms with Crippen LogP contribution in [0.4, 0.5) is 13.2 Å². The molecule has 10 heteroatoms. The standard InChI is InChI=1S/C25H16ClF3N4O2/c1-2-35-24(34)17-12-18-22(31-21(17)25(27,28)29)32-33-20(15-8-10-16(26)11-9-15)13-19(30-23(18)33)14-6-4-3-5-7-14/h3-13H,2H2,1H3. The van der Waals surface area contributed by atoms with Crippen molar-refractivity contribution in [1.82, 2.24) is 19.6 Å². The van der Waals surface area contributed by atoms with Gasteiger partial charge in [0.1, 0.15) is 0 Å². The van der Waals surface area contributed by atoms with Gasteiger partial charge < -0.3 is 4.74 Å². The monoisotopic (exact) mass is 496 g/mol. The molecule has 35 heavy (non-hydrogen) atoms. The van der Waals surface area contributed by atoms with Gasteiger partial charge in [-0.05, 0) is 31.2 Å². The summed E-state index contributed by atoms with van der Waals surface area (Å²) in [5, 5.41) is 5.05. The van der Waals surface area contributed by atoms with Crippen LogP contribution in [0, 0.1) is 0 Å². The third-order valence-electron chi connectivity index (χ3n) is 5.34. The summed E-state index contributed by atoms with van der Waals surface area (Å²) in [4.78, 5) is 20.8. The molecule has 6 nitrogen and oxygen atoms in total. The molecule has 0 bridgehead atoms. The van der Waals surface area contributed by atoms with Gasteiger partial charge in [-0.1, -0.05) is 54.1 Å². The number of rotatable bonds is 4. The van der Waals surface area contributed by atoms with E-state index in [9.17, 15) is 18.0 Å². The lowest BCUT2D eigenvalue weighted by molar-refractivity contribution is -0.141. The third kappa shape index (κ3) is 4.19. The van der Waals surface area contributed by atoms with E-state index in [-0.39, 0.29) is 23.3 Å². The molecule has 2 aromatic carbocycles. The topological polar surface area (TPSA) is 69.4 Å². The minimum atomic E-state index is -4.88. The smallest absolute Gasteiger partial charge is 0.434 e. The van der Waals surface area contributed by atoms with Crippen molar-refractivity contribution in [1.29, 1.82) is 0 Å². The predicted molar refractivity (Wildman–Crippen MR) is 125 cm³/mol. The van der Waals surface area contributed by atoms with Gasteiger partial charge in [-0.25, -0.2) is 19.3 Å². The minimum absolute atomic E-state index is 0.0833. The molecule has 0 aliphatic rings. The first-order chi connectivity index (χ1) is 16.8. The van der Waals surface area contributed by atoms with Crippen LogP contribution in [0.5, 0.6) is 0 Å². The Kier molecular flexibility index (Phi) is 5.64. The van der Waals surface area contributed by atoms with Crippen LogP contribution < -0.4 is 0 Å².